The molecule has 0 saturated carbocycles. The van der Waals surface area contributed by atoms with Crippen LogP contribution in [-0.2, 0) is 28.4 Å². The zero-order chi connectivity index (χ0) is 36.6. The zero-order valence-electron chi connectivity index (χ0n) is 30.4. The van der Waals surface area contributed by atoms with Crippen LogP contribution in [0.4, 0.5) is 14.4 Å². The number of esters is 1. The Kier molecular flexibility index (Phi) is 18.4. The lowest BCUT2D eigenvalue weighted by atomic mass is 10.1. The van der Waals surface area contributed by atoms with E-state index in [-0.39, 0.29) is 44.7 Å². The molecule has 16 nitrogen and oxygen atoms in total. The van der Waals surface area contributed by atoms with Crippen LogP contribution >= 0.6 is 0 Å². The number of methoxy groups -OCH3 is 1. The summed E-state index contributed by atoms with van der Waals surface area (Å²) >= 11 is 0. The van der Waals surface area contributed by atoms with E-state index in [9.17, 15) is 29.3 Å². The van der Waals surface area contributed by atoms with Gasteiger partial charge in [-0.2, -0.15) is 0 Å². The molecule has 270 valence electrons. The number of nitro groups is 1. The van der Waals surface area contributed by atoms with E-state index >= 15 is 0 Å². The molecule has 17 heteroatoms. The molecular weight excluding hydrogens is 617 g/mol. The molecule has 0 rings (SSSR count). The molecule has 0 aromatic rings. The van der Waals surface area contributed by atoms with Crippen LogP contribution in [0.1, 0.15) is 88.0 Å². The predicted octanol–water partition coefficient (Wildman–Crippen LogP) is 4.05. The number of carbonyl (C=O) groups excluding carboxylic acids is 4. The maximum Gasteiger partial charge on any atom is 0.414 e. The molecular formula is C30H56BN5O11. The summed E-state index contributed by atoms with van der Waals surface area (Å²) in [4.78, 5) is 66.9. The first kappa shape index (κ1) is 43.4. The topological polar surface area (TPSA) is 179 Å². The zero-order valence-corrected chi connectivity index (χ0v) is 30.4. The van der Waals surface area contributed by atoms with Gasteiger partial charge in [-0.05, 0) is 102 Å². The highest BCUT2D eigenvalue weighted by atomic mass is 16.6. The summed E-state index contributed by atoms with van der Waals surface area (Å²) in [5.41, 5.74) is -3.52. The van der Waals surface area contributed by atoms with Crippen molar-refractivity contribution >= 4 is 31.9 Å². The van der Waals surface area contributed by atoms with Gasteiger partial charge in [0.25, 0.3) is 0 Å². The Bertz CT molecular complexity index is 1080. The second-order valence-electron chi connectivity index (χ2n) is 13.9. The first-order valence-corrected chi connectivity index (χ1v) is 15.6. The lowest BCUT2D eigenvalue weighted by Gasteiger charge is -2.30. The minimum absolute atomic E-state index is 0.0151. The summed E-state index contributed by atoms with van der Waals surface area (Å²) in [5, 5.41) is 14.9. The van der Waals surface area contributed by atoms with Gasteiger partial charge < -0.3 is 38.6 Å². The highest BCUT2D eigenvalue weighted by molar-refractivity contribution is 6.23. The minimum Gasteiger partial charge on any atom is -0.461 e. The van der Waals surface area contributed by atoms with E-state index in [1.54, 1.807) is 69.4 Å². The summed E-state index contributed by atoms with van der Waals surface area (Å²) in [5.74, 6) is -1.23. The summed E-state index contributed by atoms with van der Waals surface area (Å²) in [6.07, 6.45) is -1.44. The number of rotatable bonds is 17. The van der Waals surface area contributed by atoms with Crippen molar-refractivity contribution in [2.24, 2.45) is 0 Å². The van der Waals surface area contributed by atoms with Crippen LogP contribution in [-0.4, -0.2) is 122 Å². The number of allylic oxidation sites excluding steroid dienone is 1. The molecule has 47 heavy (non-hydrogen) atoms. The molecule has 0 aliphatic heterocycles. The van der Waals surface area contributed by atoms with Gasteiger partial charge in [0.2, 0.25) is 0 Å². The average molecular weight is 674 g/mol. The molecule has 0 unspecified atom stereocenters. The summed E-state index contributed by atoms with van der Waals surface area (Å²) < 4.78 is 26.2. The maximum absolute atomic E-state index is 13.4. The standard InChI is InChI=1S/C30H56BN5O11/c1-28(2,3)45-25(38)32-17-14-20-34(26(39)46-29(4,5)6)19-13-16-22(23(36(41)42)24(37)43-11)35(27(40)47-30(7,8)9)21-15-18-33(10)31-44-12/h31H,13-21H2,1-12H3,(H,32,38)/b23-22+. The fraction of sp³-hybridized carbons (Fsp3) is 0.800. The molecule has 0 radical (unpaired) electrons. The predicted molar refractivity (Wildman–Crippen MR) is 176 cm³/mol. The Hall–Kier alpha value is -3.60. The number of ether oxygens (including phenoxy) is 4. The number of hydrogen-bond acceptors (Lipinski definition) is 12. The highest BCUT2D eigenvalue weighted by Crippen LogP contribution is 2.23. The quantitative estimate of drug-likeness (QED) is 0.0446. The Morgan fingerprint density at radius 2 is 1.30 bits per heavy atom. The number of amides is 3. The van der Waals surface area contributed by atoms with Crippen LogP contribution in [0.25, 0.3) is 0 Å². The van der Waals surface area contributed by atoms with Crippen molar-refractivity contribution < 1.29 is 47.7 Å². The van der Waals surface area contributed by atoms with E-state index in [0.717, 1.165) is 12.0 Å². The number of alkyl carbamates (subject to hydrolysis) is 1. The third-order valence-electron chi connectivity index (χ3n) is 5.81. The minimum atomic E-state index is -1.23. The summed E-state index contributed by atoms with van der Waals surface area (Å²) in [6.45, 7) is 16.2. The van der Waals surface area contributed by atoms with Crippen molar-refractivity contribution in [1.29, 1.82) is 0 Å². The molecule has 0 aromatic heterocycles. The van der Waals surface area contributed by atoms with Gasteiger partial charge in [0.05, 0.1) is 12.0 Å². The Balaban J connectivity index is 6.29. The Morgan fingerprint density at radius 1 is 0.766 bits per heavy atom. The van der Waals surface area contributed by atoms with Crippen molar-refractivity contribution in [3.05, 3.63) is 21.5 Å². The molecule has 3 amide bonds. The lowest BCUT2D eigenvalue weighted by Crippen LogP contribution is -2.41. The molecule has 0 fully saturated rings. The SMILES string of the molecule is COBN(C)CCCN(C(=O)OC(C)(C)C)/C(CCCN(CCCNC(=O)OC(C)(C)C)C(=O)OC(C)(C)C)=C(\C(=O)OC)[N+](=O)[O-]. The van der Waals surface area contributed by atoms with Crippen LogP contribution in [0.2, 0.25) is 0 Å². The highest BCUT2D eigenvalue weighted by Gasteiger charge is 2.36. The van der Waals surface area contributed by atoms with Crippen LogP contribution in [0.3, 0.4) is 0 Å². The molecule has 1 N–H and O–H groups in total. The van der Waals surface area contributed by atoms with Crippen molar-refractivity contribution in [2.75, 3.05) is 54.0 Å². The number of nitrogens with one attached hydrogen (secondary N) is 1. The molecule has 0 spiro atoms. The molecule has 0 atom stereocenters. The van der Waals surface area contributed by atoms with E-state index in [1.807, 2.05) is 11.9 Å². The van der Waals surface area contributed by atoms with Crippen molar-refractivity contribution in [3.8, 4) is 0 Å². The summed E-state index contributed by atoms with van der Waals surface area (Å²) in [6, 6.07) is 0. The molecule has 0 aliphatic rings. The van der Waals surface area contributed by atoms with E-state index < -0.39 is 51.7 Å². The van der Waals surface area contributed by atoms with Gasteiger partial charge in [0.1, 0.15) is 22.5 Å². The van der Waals surface area contributed by atoms with Crippen molar-refractivity contribution in [2.45, 2.75) is 105 Å². The Morgan fingerprint density at radius 3 is 1.79 bits per heavy atom. The van der Waals surface area contributed by atoms with E-state index in [0.29, 0.717) is 27.0 Å². The van der Waals surface area contributed by atoms with Crippen molar-refractivity contribution in [1.82, 2.24) is 19.9 Å². The smallest absolute Gasteiger partial charge is 0.414 e. The van der Waals surface area contributed by atoms with Gasteiger partial charge in [-0.1, -0.05) is 0 Å². The van der Waals surface area contributed by atoms with E-state index in [4.69, 9.17) is 23.6 Å². The third kappa shape index (κ3) is 19.6. The van der Waals surface area contributed by atoms with Crippen LogP contribution in [0.5, 0.6) is 0 Å². The van der Waals surface area contributed by atoms with Crippen LogP contribution in [0.15, 0.2) is 11.4 Å². The Labute approximate surface area is 279 Å². The second-order valence-corrected chi connectivity index (χ2v) is 13.9. The number of hydrogen-bond donors (Lipinski definition) is 1. The van der Waals surface area contributed by atoms with Gasteiger partial charge >= 0.3 is 37.6 Å². The first-order valence-electron chi connectivity index (χ1n) is 15.6. The van der Waals surface area contributed by atoms with Crippen LogP contribution < -0.4 is 5.32 Å². The fourth-order valence-electron chi connectivity index (χ4n) is 4.05. The monoisotopic (exact) mass is 673 g/mol. The average Bonchev–Trinajstić information content (AvgIpc) is 2.88. The molecule has 0 aliphatic carbocycles. The van der Waals surface area contributed by atoms with Crippen LogP contribution in [0, 0.1) is 10.1 Å². The van der Waals surface area contributed by atoms with Gasteiger partial charge in [-0.3, -0.25) is 15.0 Å². The third-order valence-corrected chi connectivity index (χ3v) is 5.81. The first-order chi connectivity index (χ1) is 21.5. The van der Waals surface area contributed by atoms with Gasteiger partial charge in [0, 0.05) is 33.3 Å². The molecule has 0 aromatic carbocycles. The summed E-state index contributed by atoms with van der Waals surface area (Å²) in [7, 11) is 4.69. The fourth-order valence-corrected chi connectivity index (χ4v) is 4.05. The maximum atomic E-state index is 13.4. The largest absolute Gasteiger partial charge is 0.461 e. The molecule has 0 saturated heterocycles. The normalized spacial score (nSPS) is 12.4. The molecule has 0 bridgehead atoms. The molecule has 0 heterocycles. The number of carbonyl (C=O) groups is 4. The van der Waals surface area contributed by atoms with Gasteiger partial charge in [-0.25, -0.2) is 19.2 Å². The second kappa shape index (κ2) is 19.9. The van der Waals surface area contributed by atoms with Crippen molar-refractivity contribution in [3.63, 3.8) is 0 Å². The van der Waals surface area contributed by atoms with E-state index in [1.165, 1.54) is 4.90 Å². The van der Waals surface area contributed by atoms with Gasteiger partial charge in [-0.15, -0.1) is 0 Å². The van der Waals surface area contributed by atoms with E-state index in [2.05, 4.69) is 5.32 Å². The lowest BCUT2D eigenvalue weighted by molar-refractivity contribution is -0.423. The van der Waals surface area contributed by atoms with Gasteiger partial charge in [0.15, 0.2) is 0 Å². The number of nitrogens with zero attached hydrogens (tertiary/aromatic N) is 4.